The summed E-state index contributed by atoms with van der Waals surface area (Å²) in [6.45, 7) is 7.16. The molecule has 2 aliphatic heterocycles. The summed E-state index contributed by atoms with van der Waals surface area (Å²) in [5.74, 6) is 0.467. The molecule has 0 amide bonds. The van der Waals surface area contributed by atoms with Gasteiger partial charge in [0.05, 0.1) is 31.4 Å². The fourth-order valence-electron chi connectivity index (χ4n) is 4.33. The Morgan fingerprint density at radius 3 is 2.66 bits per heavy atom. The summed E-state index contributed by atoms with van der Waals surface area (Å²) in [5, 5.41) is 13.8. The second kappa shape index (κ2) is 11.9. The van der Waals surface area contributed by atoms with Crippen LogP contribution in [0.25, 0.3) is 0 Å². The van der Waals surface area contributed by atoms with Crippen LogP contribution in [0.4, 0.5) is 4.39 Å². The van der Waals surface area contributed by atoms with E-state index in [9.17, 15) is 9.50 Å². The lowest BCUT2D eigenvalue weighted by Gasteiger charge is -2.36. The van der Waals surface area contributed by atoms with Crippen molar-refractivity contribution < 1.29 is 14.2 Å². The Balaban J connectivity index is 0.00000289. The van der Waals surface area contributed by atoms with E-state index in [1.807, 2.05) is 13.0 Å². The Morgan fingerprint density at radius 2 is 1.94 bits per heavy atom. The molecule has 8 heteroatoms. The van der Waals surface area contributed by atoms with Crippen LogP contribution in [-0.4, -0.2) is 72.3 Å². The highest BCUT2D eigenvalue weighted by molar-refractivity contribution is 14.0. The van der Waals surface area contributed by atoms with E-state index in [1.165, 1.54) is 17.7 Å². The highest BCUT2D eigenvalue weighted by Gasteiger charge is 2.41. The molecule has 2 aliphatic rings. The van der Waals surface area contributed by atoms with E-state index in [2.05, 4.69) is 44.4 Å². The van der Waals surface area contributed by atoms with Crippen molar-refractivity contribution in [2.24, 2.45) is 4.99 Å². The third-order valence-corrected chi connectivity index (χ3v) is 5.95. The maximum absolute atomic E-state index is 13.1. The molecule has 6 nitrogen and oxygen atoms in total. The lowest BCUT2D eigenvalue weighted by molar-refractivity contribution is -0.0502. The van der Waals surface area contributed by atoms with Gasteiger partial charge in [0, 0.05) is 32.7 Å². The van der Waals surface area contributed by atoms with Crippen LogP contribution >= 0.6 is 24.0 Å². The van der Waals surface area contributed by atoms with Crippen LogP contribution in [0.3, 0.4) is 0 Å². The van der Waals surface area contributed by atoms with Gasteiger partial charge < -0.3 is 20.1 Å². The van der Waals surface area contributed by atoms with Gasteiger partial charge in [-0.2, -0.15) is 0 Å². The summed E-state index contributed by atoms with van der Waals surface area (Å²) in [5.41, 5.74) is 1.97. The summed E-state index contributed by atoms with van der Waals surface area (Å²) in [4.78, 5) is 9.40. The van der Waals surface area contributed by atoms with Gasteiger partial charge in [-0.1, -0.05) is 42.5 Å². The molecule has 0 bridgehead atoms. The van der Waals surface area contributed by atoms with Gasteiger partial charge in [0.15, 0.2) is 5.96 Å². The minimum Gasteiger partial charge on any atom is -0.386 e. The molecule has 2 aromatic carbocycles. The summed E-state index contributed by atoms with van der Waals surface area (Å²) in [6, 6.07) is 16.8. The van der Waals surface area contributed by atoms with Crippen LogP contribution in [0, 0.1) is 5.82 Å². The molecule has 2 N–H and O–H groups in total. The lowest BCUT2D eigenvalue weighted by Crippen LogP contribution is -2.50. The molecular weight excluding hydrogens is 522 g/mol. The molecule has 2 heterocycles. The first-order chi connectivity index (χ1) is 15.1. The monoisotopic (exact) mass is 554 g/mol. The molecular formula is C24H32FIN4O2. The number of nitrogens with zero attached hydrogens (tertiary/aromatic N) is 3. The smallest absolute Gasteiger partial charge is 0.194 e. The number of likely N-dealkylation sites (tertiary alicyclic amines) is 1. The zero-order chi connectivity index (χ0) is 21.6. The number of ether oxygens (including phenoxy) is 1. The van der Waals surface area contributed by atoms with Gasteiger partial charge >= 0.3 is 0 Å². The summed E-state index contributed by atoms with van der Waals surface area (Å²) < 4.78 is 19.2. The number of benzene rings is 2. The van der Waals surface area contributed by atoms with Gasteiger partial charge in [-0.3, -0.25) is 9.89 Å². The fourth-order valence-corrected chi connectivity index (χ4v) is 4.33. The molecule has 2 saturated heterocycles. The average molecular weight is 554 g/mol. The third-order valence-electron chi connectivity index (χ3n) is 5.95. The molecule has 3 atom stereocenters. The molecule has 2 aromatic rings. The third kappa shape index (κ3) is 6.18. The number of nitrogens with one attached hydrogen (secondary N) is 1. The van der Waals surface area contributed by atoms with Crippen LogP contribution in [0.5, 0.6) is 0 Å². The Bertz CT molecular complexity index is 868. The SMILES string of the molecule is CCNC(=NCC(O)c1ccc(F)cc1)N1CC2OCCN(Cc3ccccc3)C2C1.I. The maximum Gasteiger partial charge on any atom is 0.194 e. The first kappa shape index (κ1) is 24.9. The number of rotatable bonds is 6. The molecule has 32 heavy (non-hydrogen) atoms. The first-order valence-electron chi connectivity index (χ1n) is 11.0. The summed E-state index contributed by atoms with van der Waals surface area (Å²) in [6.07, 6.45) is -0.631. The predicted octanol–water partition coefficient (Wildman–Crippen LogP) is 3.03. The average Bonchev–Trinajstić information content (AvgIpc) is 3.23. The maximum atomic E-state index is 13.1. The summed E-state index contributed by atoms with van der Waals surface area (Å²) in [7, 11) is 0. The Labute approximate surface area is 206 Å². The number of morpholine rings is 1. The number of hydrogen-bond donors (Lipinski definition) is 2. The van der Waals surface area contributed by atoms with Crippen LogP contribution in [-0.2, 0) is 11.3 Å². The van der Waals surface area contributed by atoms with Gasteiger partial charge in [0.1, 0.15) is 5.82 Å². The topological polar surface area (TPSA) is 60.3 Å². The van der Waals surface area contributed by atoms with Gasteiger partial charge in [-0.25, -0.2) is 4.39 Å². The molecule has 3 unspecified atom stereocenters. The molecule has 4 rings (SSSR count). The van der Waals surface area contributed by atoms with Gasteiger partial charge in [0.2, 0.25) is 0 Å². The van der Waals surface area contributed by atoms with Crippen LogP contribution in [0.2, 0.25) is 0 Å². The van der Waals surface area contributed by atoms with Crippen LogP contribution in [0.15, 0.2) is 59.6 Å². The fraction of sp³-hybridized carbons (Fsp3) is 0.458. The molecule has 0 radical (unpaired) electrons. The second-order valence-corrected chi connectivity index (χ2v) is 8.10. The van der Waals surface area contributed by atoms with E-state index in [-0.39, 0.29) is 42.4 Å². The quantitative estimate of drug-likeness (QED) is 0.327. The number of aliphatic imine (C=N–C) groups is 1. The van der Waals surface area contributed by atoms with Gasteiger partial charge in [-0.05, 0) is 30.2 Å². The zero-order valence-electron chi connectivity index (χ0n) is 18.4. The van der Waals surface area contributed by atoms with Gasteiger partial charge in [0.25, 0.3) is 0 Å². The zero-order valence-corrected chi connectivity index (χ0v) is 20.7. The first-order valence-corrected chi connectivity index (χ1v) is 11.0. The van der Waals surface area contributed by atoms with E-state index in [0.717, 1.165) is 45.3 Å². The number of fused-ring (bicyclic) bond motifs is 1. The molecule has 0 aliphatic carbocycles. The number of guanidine groups is 1. The Morgan fingerprint density at radius 1 is 1.19 bits per heavy atom. The van der Waals surface area contributed by atoms with Crippen molar-refractivity contribution >= 4 is 29.9 Å². The van der Waals surface area contributed by atoms with Crippen LogP contribution in [0.1, 0.15) is 24.2 Å². The van der Waals surface area contributed by atoms with E-state index >= 15 is 0 Å². The van der Waals surface area contributed by atoms with E-state index < -0.39 is 6.10 Å². The van der Waals surface area contributed by atoms with Crippen LogP contribution < -0.4 is 5.32 Å². The van der Waals surface area contributed by atoms with Crippen molar-refractivity contribution in [2.45, 2.75) is 31.7 Å². The molecule has 0 saturated carbocycles. The second-order valence-electron chi connectivity index (χ2n) is 8.10. The molecule has 2 fully saturated rings. The molecule has 0 spiro atoms. The van der Waals surface area contributed by atoms with Crippen molar-refractivity contribution in [3.05, 3.63) is 71.5 Å². The highest BCUT2D eigenvalue weighted by atomic mass is 127. The number of aliphatic hydroxyl groups is 1. The van der Waals surface area contributed by atoms with E-state index in [0.29, 0.717) is 11.6 Å². The Kier molecular flexibility index (Phi) is 9.27. The minimum absolute atomic E-state index is 0. The number of halogens is 2. The number of aliphatic hydroxyl groups excluding tert-OH is 1. The van der Waals surface area contributed by atoms with E-state index in [4.69, 9.17) is 4.74 Å². The van der Waals surface area contributed by atoms with Crippen molar-refractivity contribution in [2.75, 3.05) is 39.3 Å². The Hall–Kier alpha value is -1.75. The molecule has 174 valence electrons. The largest absolute Gasteiger partial charge is 0.386 e. The number of hydrogen-bond acceptors (Lipinski definition) is 4. The van der Waals surface area contributed by atoms with Crippen molar-refractivity contribution in [3.63, 3.8) is 0 Å². The van der Waals surface area contributed by atoms with E-state index in [1.54, 1.807) is 12.1 Å². The lowest BCUT2D eigenvalue weighted by atomic mass is 10.1. The summed E-state index contributed by atoms with van der Waals surface area (Å²) >= 11 is 0. The van der Waals surface area contributed by atoms with Crippen molar-refractivity contribution in [1.29, 1.82) is 0 Å². The highest BCUT2D eigenvalue weighted by Crippen LogP contribution is 2.25. The van der Waals surface area contributed by atoms with Crippen molar-refractivity contribution in [3.8, 4) is 0 Å². The van der Waals surface area contributed by atoms with Gasteiger partial charge in [-0.15, -0.1) is 24.0 Å². The normalized spacial score (nSPS) is 22.2. The molecule has 0 aromatic heterocycles. The van der Waals surface area contributed by atoms with Crippen molar-refractivity contribution in [1.82, 2.24) is 15.1 Å². The minimum atomic E-state index is -0.773. The standard InChI is InChI=1S/C24H31FN4O2.HI/c1-2-26-24(27-14-22(30)19-8-10-20(25)11-9-19)29-16-21-23(17-29)31-13-12-28(21)15-18-6-4-3-5-7-18;/h3-11,21-23,30H,2,12-17H2,1H3,(H,26,27);1H. The predicted molar refractivity (Wildman–Crippen MR) is 135 cm³/mol.